The van der Waals surface area contributed by atoms with Crippen LogP contribution in [-0.4, -0.2) is 25.2 Å². The molecule has 5 heteroatoms. The summed E-state index contributed by atoms with van der Waals surface area (Å²) < 4.78 is 22.3. The number of carbonyl (C=O) groups is 1. The molecule has 1 rings (SSSR count). The van der Waals surface area contributed by atoms with Gasteiger partial charge in [-0.15, -0.1) is 0 Å². The van der Waals surface area contributed by atoms with Crippen LogP contribution in [-0.2, 0) is 13.6 Å². The predicted octanol–water partition coefficient (Wildman–Crippen LogP) is 3.14. The number of rotatable bonds is 7. The number of hydrogen-bond donors (Lipinski definition) is 0. The van der Waals surface area contributed by atoms with E-state index < -0.39 is 7.60 Å². The van der Waals surface area contributed by atoms with Crippen molar-refractivity contribution in [3.8, 4) is 0 Å². The lowest BCUT2D eigenvalue weighted by atomic mass is 10.2. The second-order valence-corrected chi connectivity index (χ2v) is 5.45. The first-order valence-electron chi connectivity index (χ1n) is 5.57. The van der Waals surface area contributed by atoms with Crippen molar-refractivity contribution >= 4 is 13.4 Å². The van der Waals surface area contributed by atoms with E-state index in [4.69, 9.17) is 9.05 Å². The Morgan fingerprint density at radius 2 is 1.65 bits per heavy atom. The number of carbonyl (C=O) groups excluding carboxylic acids is 1. The summed E-state index contributed by atoms with van der Waals surface area (Å²) in [4.78, 5) is 11.9. The SMILES string of the molecule is CCOP(=O)(CC(=O)c1ccccc1)OCC. The molecule has 17 heavy (non-hydrogen) atoms. The van der Waals surface area contributed by atoms with Gasteiger partial charge in [0.2, 0.25) is 0 Å². The number of ketones is 1. The minimum absolute atomic E-state index is 0.210. The molecule has 0 unspecified atom stereocenters. The van der Waals surface area contributed by atoms with E-state index in [1.54, 1.807) is 38.1 Å². The third-order valence-electron chi connectivity index (χ3n) is 2.08. The average Bonchev–Trinajstić information content (AvgIpc) is 2.30. The van der Waals surface area contributed by atoms with Crippen molar-refractivity contribution in [2.24, 2.45) is 0 Å². The minimum atomic E-state index is -3.29. The van der Waals surface area contributed by atoms with Crippen LogP contribution in [0.5, 0.6) is 0 Å². The lowest BCUT2D eigenvalue weighted by Crippen LogP contribution is -2.10. The van der Waals surface area contributed by atoms with Crippen molar-refractivity contribution in [1.29, 1.82) is 0 Å². The van der Waals surface area contributed by atoms with Crippen LogP contribution >= 0.6 is 7.60 Å². The molecule has 4 nitrogen and oxygen atoms in total. The molecule has 1 aromatic rings. The number of benzene rings is 1. The summed E-state index contributed by atoms with van der Waals surface area (Å²) in [7, 11) is -3.29. The van der Waals surface area contributed by atoms with Crippen LogP contribution in [0.4, 0.5) is 0 Å². The van der Waals surface area contributed by atoms with Crippen LogP contribution in [0.25, 0.3) is 0 Å². The van der Waals surface area contributed by atoms with Gasteiger partial charge in [-0.05, 0) is 13.8 Å². The van der Waals surface area contributed by atoms with Gasteiger partial charge < -0.3 is 9.05 Å². The predicted molar refractivity (Wildman–Crippen MR) is 66.5 cm³/mol. The smallest absolute Gasteiger partial charge is 0.309 e. The Bertz CT molecular complexity index is 392. The zero-order valence-electron chi connectivity index (χ0n) is 10.1. The topological polar surface area (TPSA) is 52.6 Å². The fourth-order valence-corrected chi connectivity index (χ4v) is 2.99. The van der Waals surface area contributed by atoms with Crippen molar-refractivity contribution in [2.75, 3.05) is 19.4 Å². The van der Waals surface area contributed by atoms with Crippen molar-refractivity contribution in [3.05, 3.63) is 35.9 Å². The minimum Gasteiger partial charge on any atom is -0.309 e. The van der Waals surface area contributed by atoms with Gasteiger partial charge in [-0.25, -0.2) is 0 Å². The van der Waals surface area contributed by atoms with E-state index >= 15 is 0 Å². The Morgan fingerprint density at radius 1 is 1.12 bits per heavy atom. The Balaban J connectivity index is 2.74. The van der Waals surface area contributed by atoms with E-state index in [2.05, 4.69) is 0 Å². The number of Topliss-reactive ketones (excluding diaryl/α,β-unsaturated/α-hetero) is 1. The molecule has 0 fully saturated rings. The monoisotopic (exact) mass is 256 g/mol. The Morgan fingerprint density at radius 3 is 2.12 bits per heavy atom. The van der Waals surface area contributed by atoms with Gasteiger partial charge in [0.05, 0.1) is 13.2 Å². The zero-order valence-corrected chi connectivity index (χ0v) is 11.0. The lowest BCUT2D eigenvalue weighted by Gasteiger charge is -2.15. The molecule has 0 spiro atoms. The summed E-state index contributed by atoms with van der Waals surface area (Å²) in [5, 5.41) is 0. The summed E-state index contributed by atoms with van der Waals surface area (Å²) in [5.41, 5.74) is 0.520. The molecule has 0 heterocycles. The summed E-state index contributed by atoms with van der Waals surface area (Å²) in [6, 6.07) is 8.72. The van der Waals surface area contributed by atoms with E-state index in [1.165, 1.54) is 0 Å². The summed E-state index contributed by atoms with van der Waals surface area (Å²) in [6.07, 6.45) is -0.210. The molecule has 0 saturated carbocycles. The molecule has 0 bridgehead atoms. The van der Waals surface area contributed by atoms with Gasteiger partial charge in [-0.1, -0.05) is 30.3 Å². The normalized spacial score (nSPS) is 11.4. The molecule has 94 valence electrons. The van der Waals surface area contributed by atoms with Crippen molar-refractivity contribution in [3.63, 3.8) is 0 Å². The van der Waals surface area contributed by atoms with Gasteiger partial charge in [0, 0.05) is 5.56 Å². The van der Waals surface area contributed by atoms with E-state index in [1.807, 2.05) is 6.07 Å². The fraction of sp³-hybridized carbons (Fsp3) is 0.417. The van der Waals surface area contributed by atoms with Crippen LogP contribution in [0, 0.1) is 0 Å². The van der Waals surface area contributed by atoms with Gasteiger partial charge in [0.1, 0.15) is 6.16 Å². The van der Waals surface area contributed by atoms with E-state index in [0.717, 1.165) is 0 Å². The van der Waals surface area contributed by atoms with Crippen molar-refractivity contribution in [1.82, 2.24) is 0 Å². The first-order chi connectivity index (χ1) is 8.11. The Labute approximate surface area is 101 Å². The van der Waals surface area contributed by atoms with Gasteiger partial charge in [0.15, 0.2) is 5.78 Å². The van der Waals surface area contributed by atoms with Crippen LogP contribution in [0.2, 0.25) is 0 Å². The number of hydrogen-bond acceptors (Lipinski definition) is 4. The lowest BCUT2D eigenvalue weighted by molar-refractivity contribution is 0.100. The average molecular weight is 256 g/mol. The molecule has 0 radical (unpaired) electrons. The molecule has 0 aromatic heterocycles. The van der Waals surface area contributed by atoms with E-state index in [-0.39, 0.29) is 25.2 Å². The summed E-state index contributed by atoms with van der Waals surface area (Å²) in [5.74, 6) is -0.226. The molecule has 0 aliphatic heterocycles. The quantitative estimate of drug-likeness (QED) is 0.555. The van der Waals surface area contributed by atoms with Gasteiger partial charge in [-0.3, -0.25) is 9.36 Å². The van der Waals surface area contributed by atoms with Crippen LogP contribution in [0.15, 0.2) is 30.3 Å². The van der Waals surface area contributed by atoms with Gasteiger partial charge >= 0.3 is 7.60 Å². The van der Waals surface area contributed by atoms with Crippen molar-refractivity contribution in [2.45, 2.75) is 13.8 Å². The molecular weight excluding hydrogens is 239 g/mol. The van der Waals surface area contributed by atoms with Gasteiger partial charge in [0.25, 0.3) is 0 Å². The Hall–Kier alpha value is -0.960. The molecule has 0 saturated heterocycles. The molecule has 0 amide bonds. The molecular formula is C12H17O4P. The fourth-order valence-electron chi connectivity index (χ4n) is 1.41. The van der Waals surface area contributed by atoms with E-state index in [0.29, 0.717) is 5.56 Å². The summed E-state index contributed by atoms with van der Waals surface area (Å²) in [6.45, 7) is 3.97. The highest BCUT2D eigenvalue weighted by Gasteiger charge is 2.27. The van der Waals surface area contributed by atoms with Crippen LogP contribution in [0.1, 0.15) is 24.2 Å². The highest BCUT2D eigenvalue weighted by Crippen LogP contribution is 2.48. The zero-order chi connectivity index (χ0) is 12.7. The third-order valence-corrected chi connectivity index (χ3v) is 4.06. The summed E-state index contributed by atoms with van der Waals surface area (Å²) >= 11 is 0. The highest BCUT2D eigenvalue weighted by molar-refractivity contribution is 7.54. The highest BCUT2D eigenvalue weighted by atomic mass is 31.2. The second-order valence-electron chi connectivity index (χ2n) is 3.39. The first-order valence-corrected chi connectivity index (χ1v) is 7.30. The molecule has 0 aliphatic carbocycles. The maximum absolute atomic E-state index is 12.1. The van der Waals surface area contributed by atoms with Crippen LogP contribution in [0.3, 0.4) is 0 Å². The first kappa shape index (κ1) is 14.1. The van der Waals surface area contributed by atoms with Crippen LogP contribution < -0.4 is 0 Å². The maximum Gasteiger partial charge on any atom is 0.338 e. The second kappa shape index (κ2) is 6.70. The molecule has 0 aliphatic rings. The molecule has 0 atom stereocenters. The molecule has 1 aromatic carbocycles. The van der Waals surface area contributed by atoms with E-state index in [9.17, 15) is 9.36 Å². The largest absolute Gasteiger partial charge is 0.338 e. The standard InChI is InChI=1S/C12H17O4P/c1-3-15-17(14,16-4-2)10-12(13)11-8-6-5-7-9-11/h5-9H,3-4,10H2,1-2H3. The maximum atomic E-state index is 12.1. The molecule has 0 N–H and O–H groups in total. The third kappa shape index (κ3) is 4.43. The van der Waals surface area contributed by atoms with Crippen molar-refractivity contribution < 1.29 is 18.4 Å². The Kier molecular flexibility index (Phi) is 5.56. The van der Waals surface area contributed by atoms with Gasteiger partial charge in [-0.2, -0.15) is 0 Å².